The van der Waals surface area contributed by atoms with Gasteiger partial charge in [-0.25, -0.2) is 8.42 Å². The molecule has 0 radical (unpaired) electrons. The van der Waals surface area contributed by atoms with Crippen molar-refractivity contribution in [3.8, 4) is 0 Å². The van der Waals surface area contributed by atoms with Gasteiger partial charge in [0.05, 0.1) is 22.1 Å². The number of carbonyl (C=O) groups is 1. The summed E-state index contributed by atoms with van der Waals surface area (Å²) in [4.78, 5) is 22.4. The Morgan fingerprint density at radius 3 is 2.36 bits per heavy atom. The first-order valence-corrected chi connectivity index (χ1v) is 11.6. The number of esters is 1. The van der Waals surface area contributed by atoms with Gasteiger partial charge in [-0.15, -0.1) is 0 Å². The molecule has 33 heavy (non-hydrogen) atoms. The Kier molecular flexibility index (Phi) is 5.77. The molecule has 0 saturated heterocycles. The summed E-state index contributed by atoms with van der Waals surface area (Å²) < 4.78 is 34.3. The first-order valence-electron chi connectivity index (χ1n) is 10.1. The number of fused-ring (bicyclic) bond motifs is 3. The van der Waals surface area contributed by atoms with Crippen LogP contribution in [-0.4, -0.2) is 37.5 Å². The summed E-state index contributed by atoms with van der Waals surface area (Å²) in [6.45, 7) is 2.07. The summed E-state index contributed by atoms with van der Waals surface area (Å²) >= 11 is 0. The maximum Gasteiger partial charge on any atom is 0.325 e. The van der Waals surface area contributed by atoms with Crippen LogP contribution in [0.25, 0.3) is 21.8 Å². The van der Waals surface area contributed by atoms with Gasteiger partial charge < -0.3 is 9.30 Å². The Hall–Kier alpha value is -3.92. The highest BCUT2D eigenvalue weighted by Gasteiger charge is 2.23. The Morgan fingerprint density at radius 1 is 1.03 bits per heavy atom. The van der Waals surface area contributed by atoms with E-state index in [4.69, 9.17) is 4.74 Å². The van der Waals surface area contributed by atoms with Crippen LogP contribution >= 0.6 is 0 Å². The van der Waals surface area contributed by atoms with E-state index >= 15 is 0 Å². The Bertz CT molecular complexity index is 1480. The average Bonchev–Trinajstić information content (AvgIpc) is 3.11. The van der Waals surface area contributed by atoms with Crippen molar-refractivity contribution in [1.29, 1.82) is 0 Å². The Labute approximate surface area is 190 Å². The first-order chi connectivity index (χ1) is 15.7. The molecule has 0 aliphatic heterocycles. The number of benzene rings is 3. The van der Waals surface area contributed by atoms with Crippen molar-refractivity contribution < 1.29 is 22.9 Å². The third-order valence-corrected chi connectivity index (χ3v) is 7.22. The van der Waals surface area contributed by atoms with Gasteiger partial charge in [0, 0.05) is 41.0 Å². The van der Waals surface area contributed by atoms with Crippen LogP contribution in [0.4, 0.5) is 11.4 Å². The topological polar surface area (TPSA) is 112 Å². The number of hydrogen-bond donors (Lipinski definition) is 0. The zero-order valence-corrected chi connectivity index (χ0v) is 18.8. The summed E-state index contributed by atoms with van der Waals surface area (Å²) in [5.74, 6) is -0.359. The number of carbonyl (C=O) groups excluding carboxylic acids is 1. The number of anilines is 1. The van der Waals surface area contributed by atoms with Gasteiger partial charge in [0.2, 0.25) is 0 Å². The van der Waals surface area contributed by atoms with Gasteiger partial charge in [0.25, 0.3) is 15.7 Å². The molecule has 4 rings (SSSR count). The molecule has 4 aromatic rings. The predicted octanol–water partition coefficient (Wildman–Crippen LogP) is 4.09. The molecule has 0 amide bonds. The van der Waals surface area contributed by atoms with Crippen LogP contribution in [0.3, 0.4) is 0 Å². The lowest BCUT2D eigenvalue weighted by Gasteiger charge is -2.20. The number of para-hydroxylation sites is 1. The van der Waals surface area contributed by atoms with Crippen molar-refractivity contribution in [1.82, 2.24) is 4.57 Å². The predicted molar refractivity (Wildman–Crippen MR) is 125 cm³/mol. The highest BCUT2D eigenvalue weighted by molar-refractivity contribution is 7.92. The van der Waals surface area contributed by atoms with Gasteiger partial charge in [-0.3, -0.25) is 19.2 Å². The van der Waals surface area contributed by atoms with Crippen molar-refractivity contribution >= 4 is 49.2 Å². The lowest BCUT2D eigenvalue weighted by molar-refractivity contribution is -0.384. The number of non-ortho nitro benzene ring substituents is 1. The normalized spacial score (nSPS) is 11.6. The van der Waals surface area contributed by atoms with Gasteiger partial charge >= 0.3 is 5.97 Å². The maximum atomic E-state index is 13.1. The molecule has 1 heterocycles. The minimum atomic E-state index is -3.95. The number of hydrogen-bond acceptors (Lipinski definition) is 6. The van der Waals surface area contributed by atoms with Crippen molar-refractivity contribution in [2.24, 2.45) is 0 Å². The molecule has 0 atom stereocenters. The van der Waals surface area contributed by atoms with E-state index < -0.39 is 14.9 Å². The highest BCUT2D eigenvalue weighted by Crippen LogP contribution is 2.33. The zero-order valence-electron chi connectivity index (χ0n) is 18.0. The second-order valence-electron chi connectivity index (χ2n) is 7.33. The van der Waals surface area contributed by atoms with Gasteiger partial charge in [-0.1, -0.05) is 18.2 Å². The van der Waals surface area contributed by atoms with E-state index in [0.29, 0.717) is 5.69 Å². The van der Waals surface area contributed by atoms with E-state index in [1.807, 2.05) is 28.8 Å². The number of nitro benzene ring substituents is 1. The first kappa shape index (κ1) is 22.3. The molecule has 1 aromatic heterocycles. The molecule has 0 unspecified atom stereocenters. The third kappa shape index (κ3) is 4.00. The van der Waals surface area contributed by atoms with E-state index in [9.17, 15) is 23.3 Å². The molecule has 9 nitrogen and oxygen atoms in total. The fraction of sp³-hybridized carbons (Fsp3) is 0.174. The molecule has 0 fully saturated rings. The standard InChI is InChI=1S/C23H21N3O6S/c1-3-32-23(27)15-25-21-7-5-4-6-19(21)20-14-17(10-13-22(20)25)24(2)33(30,31)18-11-8-16(9-12-18)26(28)29/h4-14H,3,15H2,1-2H3. The van der Waals surface area contributed by atoms with E-state index in [1.165, 1.54) is 19.2 Å². The second kappa shape index (κ2) is 8.55. The Morgan fingerprint density at radius 2 is 1.70 bits per heavy atom. The fourth-order valence-corrected chi connectivity index (χ4v) is 4.97. The number of aromatic nitrogens is 1. The number of nitro groups is 1. The number of rotatable bonds is 7. The quantitative estimate of drug-likeness (QED) is 0.230. The summed E-state index contributed by atoms with van der Waals surface area (Å²) in [6, 6.07) is 17.5. The van der Waals surface area contributed by atoms with Crippen molar-refractivity contribution in [3.63, 3.8) is 0 Å². The molecule has 0 bridgehead atoms. The van der Waals surface area contributed by atoms with E-state index in [2.05, 4.69) is 0 Å². The largest absolute Gasteiger partial charge is 0.465 e. The number of ether oxygens (including phenoxy) is 1. The van der Waals surface area contributed by atoms with Crippen LogP contribution in [-0.2, 0) is 26.1 Å². The monoisotopic (exact) mass is 467 g/mol. The van der Waals surface area contributed by atoms with E-state index in [0.717, 1.165) is 38.2 Å². The number of nitrogens with zero attached hydrogens (tertiary/aromatic N) is 3. The molecule has 0 N–H and O–H groups in total. The molecule has 0 saturated carbocycles. The third-order valence-electron chi connectivity index (χ3n) is 5.42. The molecule has 3 aromatic carbocycles. The molecular formula is C23H21N3O6S. The highest BCUT2D eigenvalue weighted by atomic mass is 32.2. The minimum Gasteiger partial charge on any atom is -0.465 e. The van der Waals surface area contributed by atoms with E-state index in [1.54, 1.807) is 25.1 Å². The smallest absolute Gasteiger partial charge is 0.325 e. The van der Waals surface area contributed by atoms with Gasteiger partial charge in [0.15, 0.2) is 0 Å². The summed E-state index contributed by atoms with van der Waals surface area (Å²) in [6.07, 6.45) is 0. The van der Waals surface area contributed by atoms with Crippen LogP contribution in [0.15, 0.2) is 71.6 Å². The zero-order chi connectivity index (χ0) is 23.8. The summed E-state index contributed by atoms with van der Waals surface area (Å²) in [5.41, 5.74) is 1.83. The SMILES string of the molecule is CCOC(=O)Cn1c2ccccc2c2cc(N(C)S(=O)(=O)c3ccc([N+](=O)[O-])cc3)ccc21. The molecule has 170 valence electrons. The lowest BCUT2D eigenvalue weighted by atomic mass is 10.1. The Balaban J connectivity index is 1.78. The van der Waals surface area contributed by atoms with Crippen molar-refractivity contribution in [2.75, 3.05) is 18.0 Å². The molecule has 0 aliphatic rings. The lowest BCUT2D eigenvalue weighted by Crippen LogP contribution is -2.26. The number of sulfonamides is 1. The van der Waals surface area contributed by atoms with Crippen LogP contribution in [0, 0.1) is 10.1 Å². The molecule has 0 aliphatic carbocycles. The fourth-order valence-electron chi connectivity index (χ4n) is 3.78. The maximum absolute atomic E-state index is 13.1. The van der Waals surface area contributed by atoms with Gasteiger partial charge in [0.1, 0.15) is 6.54 Å². The van der Waals surface area contributed by atoms with Crippen LogP contribution in [0.5, 0.6) is 0 Å². The minimum absolute atomic E-state index is 0.0358. The van der Waals surface area contributed by atoms with Gasteiger partial charge in [-0.05, 0) is 43.3 Å². The summed E-state index contributed by atoms with van der Waals surface area (Å²) in [5, 5.41) is 12.5. The molecular weight excluding hydrogens is 446 g/mol. The molecule has 10 heteroatoms. The summed E-state index contributed by atoms with van der Waals surface area (Å²) in [7, 11) is -2.52. The molecule has 0 spiro atoms. The van der Waals surface area contributed by atoms with Crippen LogP contribution in [0.1, 0.15) is 6.92 Å². The van der Waals surface area contributed by atoms with E-state index in [-0.39, 0.29) is 29.7 Å². The van der Waals surface area contributed by atoms with Crippen LogP contribution < -0.4 is 4.31 Å². The van der Waals surface area contributed by atoms with Crippen molar-refractivity contribution in [2.45, 2.75) is 18.4 Å². The second-order valence-corrected chi connectivity index (χ2v) is 9.30. The van der Waals surface area contributed by atoms with Crippen molar-refractivity contribution in [3.05, 3.63) is 76.8 Å². The van der Waals surface area contributed by atoms with Gasteiger partial charge in [-0.2, -0.15) is 0 Å². The van der Waals surface area contributed by atoms with Crippen LogP contribution in [0.2, 0.25) is 0 Å². The average molecular weight is 468 g/mol.